The average Bonchev–Trinajstić information content (AvgIpc) is 2.75. The highest BCUT2D eigenvalue weighted by Crippen LogP contribution is 2.25. The van der Waals surface area contributed by atoms with Gasteiger partial charge in [0.2, 0.25) is 0 Å². The molecule has 0 radical (unpaired) electrons. The van der Waals surface area contributed by atoms with E-state index in [9.17, 15) is 22.4 Å². The van der Waals surface area contributed by atoms with Gasteiger partial charge in [-0.05, 0) is 35.7 Å². The maximum atomic E-state index is 14.8. The molecule has 166 valence electrons. The largest absolute Gasteiger partial charge is 0.422 e. The number of carbonyl (C=O) groups excluding carboxylic acids is 1. The number of anilines is 1. The second-order valence-electron chi connectivity index (χ2n) is 6.46. The van der Waals surface area contributed by atoms with Crippen molar-refractivity contribution >= 4 is 33.2 Å². The van der Waals surface area contributed by atoms with Crippen LogP contribution in [0.4, 0.5) is 10.1 Å². The second kappa shape index (κ2) is 10.3. The lowest BCUT2D eigenvalue weighted by Crippen LogP contribution is -2.27. The summed E-state index contributed by atoms with van der Waals surface area (Å²) in [4.78, 5) is 23.2. The number of halogens is 1. The predicted molar refractivity (Wildman–Crippen MR) is 119 cm³/mol. The first-order chi connectivity index (χ1) is 14.8. The molecule has 0 aliphatic heterocycles. The minimum atomic E-state index is -3.88. The Morgan fingerprint density at radius 2 is 1.87 bits per heavy atom. The van der Waals surface area contributed by atoms with Crippen LogP contribution in [0.5, 0.6) is 0 Å². The molecule has 2 N–H and O–H groups in total. The lowest BCUT2D eigenvalue weighted by molar-refractivity contribution is -0.107. The summed E-state index contributed by atoms with van der Waals surface area (Å²) in [7, 11) is -2.68. The van der Waals surface area contributed by atoms with Crippen LogP contribution in [-0.2, 0) is 27.8 Å². The van der Waals surface area contributed by atoms with Gasteiger partial charge in [0.05, 0.1) is 5.69 Å². The van der Waals surface area contributed by atoms with Crippen LogP contribution in [0.25, 0.3) is 11.0 Å². The van der Waals surface area contributed by atoms with Crippen molar-refractivity contribution in [1.82, 2.24) is 4.72 Å². The fourth-order valence-electron chi connectivity index (χ4n) is 3.05. The van der Waals surface area contributed by atoms with Crippen molar-refractivity contribution in [3.63, 3.8) is 0 Å². The second-order valence-corrected chi connectivity index (χ2v) is 8.08. The summed E-state index contributed by atoms with van der Waals surface area (Å²) in [6.07, 6.45) is 0.903. The molecule has 3 aromatic rings. The van der Waals surface area contributed by atoms with Gasteiger partial charge in [-0.15, -0.1) is 0 Å². The SMILES string of the molecule is CC.CNS(=O)(=O)Nc1cccc(Cc2c(C)c3ccc(CC=O)cc3oc2=O)c1F. The molecule has 3 rings (SSSR count). The normalized spacial score (nSPS) is 11.0. The zero-order valence-corrected chi connectivity index (χ0v) is 18.6. The van der Waals surface area contributed by atoms with Crippen molar-refractivity contribution < 1.29 is 22.0 Å². The molecule has 0 saturated carbocycles. The Hall–Kier alpha value is -3.04. The molecule has 1 heterocycles. The van der Waals surface area contributed by atoms with Crippen molar-refractivity contribution in [2.24, 2.45) is 0 Å². The van der Waals surface area contributed by atoms with Gasteiger partial charge < -0.3 is 9.21 Å². The molecular formula is C22H25FN2O5S. The summed E-state index contributed by atoms with van der Waals surface area (Å²) in [5.41, 5.74) is 1.29. The van der Waals surface area contributed by atoms with Gasteiger partial charge in [-0.2, -0.15) is 8.42 Å². The molecule has 0 aliphatic rings. The van der Waals surface area contributed by atoms with Gasteiger partial charge >= 0.3 is 5.63 Å². The summed E-state index contributed by atoms with van der Waals surface area (Å²) in [6, 6.07) is 9.41. The van der Waals surface area contributed by atoms with Crippen molar-refractivity contribution in [2.45, 2.75) is 33.6 Å². The van der Waals surface area contributed by atoms with Crippen LogP contribution >= 0.6 is 0 Å². The maximum Gasteiger partial charge on any atom is 0.340 e. The fraction of sp³-hybridized carbons (Fsp3) is 0.273. The van der Waals surface area contributed by atoms with Gasteiger partial charge in [0.15, 0.2) is 5.82 Å². The summed E-state index contributed by atoms with van der Waals surface area (Å²) in [5, 5.41) is 0.682. The number of fused-ring (bicyclic) bond motifs is 1. The maximum absolute atomic E-state index is 14.8. The highest BCUT2D eigenvalue weighted by molar-refractivity contribution is 7.90. The number of aryl methyl sites for hydroxylation is 1. The van der Waals surface area contributed by atoms with E-state index in [-0.39, 0.29) is 29.7 Å². The minimum Gasteiger partial charge on any atom is -0.422 e. The van der Waals surface area contributed by atoms with Crippen LogP contribution in [0.1, 0.15) is 36.1 Å². The van der Waals surface area contributed by atoms with E-state index < -0.39 is 21.7 Å². The Morgan fingerprint density at radius 3 is 2.52 bits per heavy atom. The van der Waals surface area contributed by atoms with E-state index in [2.05, 4.69) is 4.72 Å². The quantitative estimate of drug-likeness (QED) is 0.425. The topological polar surface area (TPSA) is 105 Å². The van der Waals surface area contributed by atoms with E-state index in [1.807, 2.05) is 18.6 Å². The number of rotatable bonds is 7. The monoisotopic (exact) mass is 448 g/mol. The van der Waals surface area contributed by atoms with Crippen molar-refractivity contribution in [2.75, 3.05) is 11.8 Å². The smallest absolute Gasteiger partial charge is 0.340 e. The minimum absolute atomic E-state index is 0.0683. The summed E-state index contributed by atoms with van der Waals surface area (Å²) < 4.78 is 47.6. The molecule has 9 heteroatoms. The molecule has 0 amide bonds. The van der Waals surface area contributed by atoms with E-state index in [0.29, 0.717) is 16.5 Å². The molecule has 0 bridgehead atoms. The van der Waals surface area contributed by atoms with Crippen LogP contribution in [-0.4, -0.2) is 21.8 Å². The van der Waals surface area contributed by atoms with E-state index in [4.69, 9.17) is 4.42 Å². The van der Waals surface area contributed by atoms with E-state index >= 15 is 0 Å². The zero-order chi connectivity index (χ0) is 23.2. The molecule has 0 aliphatic carbocycles. The molecule has 2 aromatic carbocycles. The van der Waals surface area contributed by atoms with Gasteiger partial charge in [0, 0.05) is 30.8 Å². The molecule has 7 nitrogen and oxygen atoms in total. The third-order valence-electron chi connectivity index (χ3n) is 4.63. The molecule has 0 saturated heterocycles. The molecule has 0 unspecified atom stereocenters. The van der Waals surface area contributed by atoms with E-state index in [0.717, 1.165) is 11.8 Å². The highest BCUT2D eigenvalue weighted by atomic mass is 32.2. The molecule has 1 aromatic heterocycles. The molecule has 0 fully saturated rings. The Bertz CT molecular complexity index is 1250. The summed E-state index contributed by atoms with van der Waals surface area (Å²) in [6.45, 7) is 5.74. The Balaban J connectivity index is 0.00000166. The van der Waals surface area contributed by atoms with Crippen LogP contribution in [0.15, 0.2) is 45.6 Å². The number of aldehydes is 1. The number of hydrogen-bond donors (Lipinski definition) is 2. The van der Waals surface area contributed by atoms with Gasteiger partial charge in [-0.25, -0.2) is 13.9 Å². The number of hydrogen-bond acceptors (Lipinski definition) is 5. The lowest BCUT2D eigenvalue weighted by Gasteiger charge is -2.12. The van der Waals surface area contributed by atoms with Crippen molar-refractivity contribution in [3.05, 3.63) is 74.9 Å². The van der Waals surface area contributed by atoms with Gasteiger partial charge in [-0.1, -0.05) is 38.1 Å². The van der Waals surface area contributed by atoms with Gasteiger partial charge in [0.1, 0.15) is 11.9 Å². The molecule has 31 heavy (non-hydrogen) atoms. The van der Waals surface area contributed by atoms with Gasteiger partial charge in [-0.3, -0.25) is 4.72 Å². The van der Waals surface area contributed by atoms with Crippen LogP contribution in [0.2, 0.25) is 0 Å². The van der Waals surface area contributed by atoms with Crippen molar-refractivity contribution in [3.8, 4) is 0 Å². The van der Waals surface area contributed by atoms with E-state index in [1.165, 1.54) is 25.2 Å². The number of carbonyl (C=O) groups is 1. The van der Waals surface area contributed by atoms with Gasteiger partial charge in [0.25, 0.3) is 10.2 Å². The standard InChI is InChI=1S/C20H19FN2O5S.C2H6/c1-12-15-7-6-13(8-9-24)10-18(15)28-20(25)16(12)11-14-4-3-5-17(19(14)21)23-29(26,27)22-2;1-2/h3-7,9-10,22-23H,8,11H2,1-2H3;1-2H3. The first-order valence-electron chi connectivity index (χ1n) is 9.73. The first kappa shape index (κ1) is 24.2. The van der Waals surface area contributed by atoms with Crippen LogP contribution in [0.3, 0.4) is 0 Å². The average molecular weight is 449 g/mol. The van der Waals surface area contributed by atoms with Crippen LogP contribution in [0, 0.1) is 12.7 Å². The molecular weight excluding hydrogens is 423 g/mol. The Labute approximate surface area is 180 Å². The Morgan fingerprint density at radius 1 is 1.16 bits per heavy atom. The number of nitrogens with one attached hydrogen (secondary N) is 2. The third kappa shape index (κ3) is 5.56. The zero-order valence-electron chi connectivity index (χ0n) is 17.8. The van der Waals surface area contributed by atoms with Crippen LogP contribution < -0.4 is 15.1 Å². The Kier molecular flexibility index (Phi) is 8.07. The first-order valence-corrected chi connectivity index (χ1v) is 11.2. The summed E-state index contributed by atoms with van der Waals surface area (Å²) >= 11 is 0. The third-order valence-corrected chi connectivity index (χ3v) is 5.66. The lowest BCUT2D eigenvalue weighted by atomic mass is 9.98. The fourth-order valence-corrected chi connectivity index (χ4v) is 3.60. The van der Waals surface area contributed by atoms with E-state index in [1.54, 1.807) is 25.1 Å². The number of benzene rings is 2. The summed E-state index contributed by atoms with van der Waals surface area (Å²) in [5.74, 6) is -0.772. The highest BCUT2D eigenvalue weighted by Gasteiger charge is 2.17. The predicted octanol–water partition coefficient (Wildman–Crippen LogP) is 3.48. The van der Waals surface area contributed by atoms with Crippen molar-refractivity contribution in [1.29, 1.82) is 0 Å². The molecule has 0 spiro atoms. The molecule has 0 atom stereocenters.